The van der Waals surface area contributed by atoms with Crippen molar-refractivity contribution in [3.8, 4) is 0 Å². The van der Waals surface area contributed by atoms with Gasteiger partial charge in [-0.2, -0.15) is 0 Å². The molecule has 1 aromatic carbocycles. The van der Waals surface area contributed by atoms with Crippen LogP contribution in [0.5, 0.6) is 0 Å². The lowest BCUT2D eigenvalue weighted by atomic mass is 9.84. The number of aryl methyl sites for hydroxylation is 2. The zero-order valence-corrected chi connectivity index (χ0v) is 13.9. The zero-order valence-electron chi connectivity index (χ0n) is 13.9. The summed E-state index contributed by atoms with van der Waals surface area (Å²) in [5, 5.41) is 6.35. The summed E-state index contributed by atoms with van der Waals surface area (Å²) in [5.41, 5.74) is 0.800. The Labute approximate surface area is 143 Å². The van der Waals surface area contributed by atoms with Crippen molar-refractivity contribution in [3.05, 3.63) is 52.4 Å². The van der Waals surface area contributed by atoms with Crippen LogP contribution in [0.25, 0.3) is 0 Å². The molecule has 1 saturated heterocycles. The number of rotatable bonds is 5. The van der Waals surface area contributed by atoms with E-state index in [1.165, 1.54) is 12.1 Å². The third-order valence-electron chi connectivity index (χ3n) is 4.42. The highest BCUT2D eigenvalue weighted by Gasteiger charge is 2.39. The molecule has 5 nitrogen and oxygen atoms in total. The molecule has 1 N–H and O–H groups in total. The Morgan fingerprint density at radius 1 is 1.28 bits per heavy atom. The van der Waals surface area contributed by atoms with E-state index >= 15 is 0 Å². The van der Waals surface area contributed by atoms with E-state index in [-0.39, 0.29) is 36.6 Å². The molecular formula is C18H18F2N2O3. The van der Waals surface area contributed by atoms with Crippen LogP contribution in [-0.2, 0) is 16.0 Å². The molecule has 1 amide bonds. The Bertz CT molecular complexity index is 808. The van der Waals surface area contributed by atoms with Crippen molar-refractivity contribution in [3.63, 3.8) is 0 Å². The molecule has 7 heteroatoms. The fraction of sp³-hybridized carbons (Fsp3) is 0.389. The van der Waals surface area contributed by atoms with Gasteiger partial charge in [0.25, 0.3) is 0 Å². The van der Waals surface area contributed by atoms with Crippen molar-refractivity contribution in [2.24, 2.45) is 5.92 Å². The number of halogens is 2. The molecule has 0 aliphatic carbocycles. The highest BCUT2D eigenvalue weighted by Crippen LogP contribution is 2.35. The molecule has 3 rings (SSSR count). The van der Waals surface area contributed by atoms with Crippen LogP contribution in [0.2, 0.25) is 0 Å². The molecule has 2 atom stereocenters. The van der Waals surface area contributed by atoms with E-state index in [0.717, 1.165) is 0 Å². The third kappa shape index (κ3) is 3.60. The number of nitrogens with zero attached hydrogens (tertiary/aromatic N) is 1. The highest BCUT2D eigenvalue weighted by molar-refractivity contribution is 5.89. The second-order valence-corrected chi connectivity index (χ2v) is 6.45. The average molecular weight is 348 g/mol. The van der Waals surface area contributed by atoms with E-state index in [9.17, 15) is 18.4 Å². The second kappa shape index (κ2) is 6.74. The maximum absolute atomic E-state index is 14.3. The van der Waals surface area contributed by atoms with Crippen molar-refractivity contribution >= 4 is 11.7 Å². The van der Waals surface area contributed by atoms with Crippen LogP contribution in [0.3, 0.4) is 0 Å². The number of hydrogen-bond acceptors (Lipinski definition) is 4. The van der Waals surface area contributed by atoms with Crippen LogP contribution in [0.15, 0.2) is 22.7 Å². The zero-order chi connectivity index (χ0) is 18.1. The molecule has 0 unspecified atom stereocenters. The molecule has 0 spiro atoms. The van der Waals surface area contributed by atoms with Crippen LogP contribution >= 0.6 is 0 Å². The minimum atomic E-state index is -0.799. The Morgan fingerprint density at radius 3 is 2.56 bits per heavy atom. The van der Waals surface area contributed by atoms with Crippen LogP contribution < -0.4 is 5.32 Å². The summed E-state index contributed by atoms with van der Waals surface area (Å²) in [7, 11) is 0. The molecule has 1 aromatic heterocycles. The summed E-state index contributed by atoms with van der Waals surface area (Å²) in [6.45, 7) is 3.41. The SMILES string of the molecule is Cc1cc(F)c([C@@H]2CNC(=O)[C@H]2CC(=O)Cc2cc(C)on2)c(F)c1. The Kier molecular flexibility index (Phi) is 4.65. The first kappa shape index (κ1) is 17.3. The fourth-order valence-corrected chi connectivity index (χ4v) is 3.29. The Balaban J connectivity index is 1.79. The molecule has 0 saturated carbocycles. The van der Waals surface area contributed by atoms with Gasteiger partial charge >= 0.3 is 0 Å². The Hall–Kier alpha value is -2.57. The van der Waals surface area contributed by atoms with Crippen molar-refractivity contribution in [2.45, 2.75) is 32.6 Å². The van der Waals surface area contributed by atoms with Crippen molar-refractivity contribution in [1.82, 2.24) is 10.5 Å². The minimum absolute atomic E-state index is 0.0205. The number of aromatic nitrogens is 1. The molecule has 25 heavy (non-hydrogen) atoms. The standard InChI is InChI=1S/C18H18F2N2O3/c1-9-3-15(19)17(16(20)4-9)14-8-21-18(24)13(14)7-12(23)6-11-5-10(2)25-22-11/h3-5,13-14H,6-8H2,1-2H3,(H,21,24)/t13-,14+/m0/s1. The minimum Gasteiger partial charge on any atom is -0.361 e. The van der Waals surface area contributed by atoms with E-state index in [1.54, 1.807) is 19.9 Å². The number of hydrogen-bond donors (Lipinski definition) is 1. The molecule has 1 fully saturated rings. The number of carbonyl (C=O) groups excluding carboxylic acids is 2. The Morgan fingerprint density at radius 2 is 1.96 bits per heavy atom. The molecule has 0 bridgehead atoms. The van der Waals surface area contributed by atoms with E-state index in [1.807, 2.05) is 0 Å². The maximum Gasteiger partial charge on any atom is 0.224 e. The van der Waals surface area contributed by atoms with E-state index in [4.69, 9.17) is 4.52 Å². The lowest BCUT2D eigenvalue weighted by Gasteiger charge is -2.18. The van der Waals surface area contributed by atoms with E-state index in [2.05, 4.69) is 10.5 Å². The predicted molar refractivity (Wildman–Crippen MR) is 84.9 cm³/mol. The molecule has 132 valence electrons. The van der Waals surface area contributed by atoms with Gasteiger partial charge in [-0.3, -0.25) is 9.59 Å². The highest BCUT2D eigenvalue weighted by atomic mass is 19.1. The third-order valence-corrected chi connectivity index (χ3v) is 4.42. The number of nitrogens with one attached hydrogen (secondary N) is 1. The maximum atomic E-state index is 14.3. The molecular weight excluding hydrogens is 330 g/mol. The smallest absolute Gasteiger partial charge is 0.224 e. The number of carbonyl (C=O) groups is 2. The van der Waals surface area contributed by atoms with Gasteiger partial charge in [0.15, 0.2) is 0 Å². The summed E-state index contributed by atoms with van der Waals surface area (Å²) in [4.78, 5) is 24.4. The predicted octanol–water partition coefficient (Wildman–Crippen LogP) is 2.60. The van der Waals surface area contributed by atoms with Gasteiger partial charge in [-0.25, -0.2) is 8.78 Å². The quantitative estimate of drug-likeness (QED) is 0.901. The van der Waals surface area contributed by atoms with Crippen LogP contribution in [0.1, 0.15) is 34.9 Å². The largest absolute Gasteiger partial charge is 0.361 e. The topological polar surface area (TPSA) is 72.2 Å². The van der Waals surface area contributed by atoms with Crippen LogP contribution in [0, 0.1) is 31.4 Å². The van der Waals surface area contributed by atoms with Gasteiger partial charge in [-0.15, -0.1) is 0 Å². The molecule has 0 radical (unpaired) electrons. The van der Waals surface area contributed by atoms with Crippen LogP contribution in [-0.4, -0.2) is 23.4 Å². The van der Waals surface area contributed by atoms with Gasteiger partial charge in [0.1, 0.15) is 23.2 Å². The number of amides is 1. The number of Topliss-reactive ketones (excluding diaryl/α,β-unsaturated/α-hetero) is 1. The number of benzene rings is 1. The van der Waals surface area contributed by atoms with Gasteiger partial charge < -0.3 is 9.84 Å². The van der Waals surface area contributed by atoms with E-state index < -0.39 is 23.5 Å². The first-order valence-electron chi connectivity index (χ1n) is 8.02. The molecule has 2 heterocycles. The van der Waals surface area contributed by atoms with Crippen molar-refractivity contribution < 1.29 is 22.9 Å². The van der Waals surface area contributed by atoms with Crippen molar-refractivity contribution in [2.75, 3.05) is 6.54 Å². The lowest BCUT2D eigenvalue weighted by Crippen LogP contribution is -2.23. The summed E-state index contributed by atoms with van der Waals surface area (Å²) in [6.07, 6.45) is -0.0815. The summed E-state index contributed by atoms with van der Waals surface area (Å²) >= 11 is 0. The molecule has 1 aliphatic heterocycles. The average Bonchev–Trinajstić information content (AvgIpc) is 3.06. The lowest BCUT2D eigenvalue weighted by molar-refractivity contribution is -0.127. The first-order chi connectivity index (χ1) is 11.8. The summed E-state index contributed by atoms with van der Waals surface area (Å²) in [5.74, 6) is -2.90. The van der Waals surface area contributed by atoms with Crippen LogP contribution in [0.4, 0.5) is 8.78 Å². The van der Waals surface area contributed by atoms with Gasteiger partial charge in [-0.1, -0.05) is 5.16 Å². The normalized spacial score (nSPS) is 19.9. The van der Waals surface area contributed by atoms with E-state index in [0.29, 0.717) is 17.0 Å². The van der Waals surface area contributed by atoms with Crippen molar-refractivity contribution in [1.29, 1.82) is 0 Å². The van der Waals surface area contributed by atoms with Gasteiger partial charge in [0, 0.05) is 30.5 Å². The summed E-state index contributed by atoms with van der Waals surface area (Å²) in [6, 6.07) is 4.11. The second-order valence-electron chi connectivity index (χ2n) is 6.45. The van der Waals surface area contributed by atoms with Gasteiger partial charge in [0.2, 0.25) is 5.91 Å². The first-order valence-corrected chi connectivity index (χ1v) is 8.02. The monoisotopic (exact) mass is 348 g/mol. The molecule has 2 aromatic rings. The summed E-state index contributed by atoms with van der Waals surface area (Å²) < 4.78 is 33.4. The van der Waals surface area contributed by atoms with Gasteiger partial charge in [0.05, 0.1) is 18.0 Å². The number of ketones is 1. The molecule has 1 aliphatic rings. The van der Waals surface area contributed by atoms with Gasteiger partial charge in [-0.05, 0) is 31.5 Å². The fourth-order valence-electron chi connectivity index (χ4n) is 3.29.